The summed E-state index contributed by atoms with van der Waals surface area (Å²) in [5, 5.41) is 12.8. The van der Waals surface area contributed by atoms with E-state index in [9.17, 15) is 4.79 Å². The van der Waals surface area contributed by atoms with Crippen molar-refractivity contribution in [3.8, 4) is 6.07 Å². The number of rotatable bonds is 5. The van der Waals surface area contributed by atoms with Gasteiger partial charge in [0.15, 0.2) is 0 Å². The van der Waals surface area contributed by atoms with Crippen molar-refractivity contribution in [3.63, 3.8) is 0 Å². The third-order valence-corrected chi connectivity index (χ3v) is 3.25. The SMILES string of the molecule is CCC(C#N)C(=O)NCCc1c[nH]c2ccccc12. The van der Waals surface area contributed by atoms with Gasteiger partial charge in [-0.15, -0.1) is 0 Å². The molecule has 0 spiro atoms. The number of para-hydroxylation sites is 1. The maximum atomic E-state index is 11.7. The molecule has 1 heterocycles. The van der Waals surface area contributed by atoms with E-state index < -0.39 is 5.92 Å². The molecule has 2 N–H and O–H groups in total. The van der Waals surface area contributed by atoms with Crippen molar-refractivity contribution in [1.29, 1.82) is 5.26 Å². The summed E-state index contributed by atoms with van der Waals surface area (Å²) in [4.78, 5) is 14.9. The molecule has 0 saturated heterocycles. The fourth-order valence-electron chi connectivity index (χ4n) is 2.12. The van der Waals surface area contributed by atoms with Gasteiger partial charge >= 0.3 is 0 Å². The van der Waals surface area contributed by atoms with Gasteiger partial charge in [0, 0.05) is 23.6 Å². The van der Waals surface area contributed by atoms with E-state index in [2.05, 4.69) is 16.4 Å². The van der Waals surface area contributed by atoms with E-state index in [1.807, 2.05) is 37.4 Å². The minimum absolute atomic E-state index is 0.176. The number of carbonyl (C=O) groups excluding carboxylic acids is 1. The standard InChI is InChI=1S/C15H17N3O/c1-2-11(9-16)15(19)17-8-7-12-10-18-14-6-4-3-5-13(12)14/h3-6,10-11,18H,2,7-8H2,1H3,(H,17,19). The molecule has 0 radical (unpaired) electrons. The maximum Gasteiger partial charge on any atom is 0.237 e. The smallest absolute Gasteiger partial charge is 0.237 e. The monoisotopic (exact) mass is 255 g/mol. The first-order chi connectivity index (χ1) is 9.26. The molecular weight excluding hydrogens is 238 g/mol. The van der Waals surface area contributed by atoms with Crippen LogP contribution in [0.3, 0.4) is 0 Å². The Hall–Kier alpha value is -2.28. The lowest BCUT2D eigenvalue weighted by atomic mass is 10.1. The van der Waals surface area contributed by atoms with Crippen LogP contribution in [0, 0.1) is 17.2 Å². The number of fused-ring (bicyclic) bond motifs is 1. The van der Waals surface area contributed by atoms with Crippen molar-refractivity contribution < 1.29 is 4.79 Å². The largest absolute Gasteiger partial charge is 0.361 e. The highest BCUT2D eigenvalue weighted by molar-refractivity contribution is 5.83. The number of H-pyrrole nitrogens is 1. The zero-order valence-electron chi connectivity index (χ0n) is 10.9. The van der Waals surface area contributed by atoms with Crippen molar-refractivity contribution in [2.75, 3.05) is 6.54 Å². The van der Waals surface area contributed by atoms with Gasteiger partial charge in [0.05, 0.1) is 6.07 Å². The van der Waals surface area contributed by atoms with Gasteiger partial charge in [-0.1, -0.05) is 25.1 Å². The summed E-state index contributed by atoms with van der Waals surface area (Å²) in [6.45, 7) is 2.39. The van der Waals surface area contributed by atoms with Gasteiger partial charge in [0.25, 0.3) is 0 Å². The number of aromatic nitrogens is 1. The van der Waals surface area contributed by atoms with Crippen LogP contribution in [0.15, 0.2) is 30.5 Å². The first-order valence-electron chi connectivity index (χ1n) is 6.48. The lowest BCUT2D eigenvalue weighted by Gasteiger charge is -2.07. The normalized spacial score (nSPS) is 12.0. The molecule has 19 heavy (non-hydrogen) atoms. The van der Waals surface area contributed by atoms with E-state index in [0.717, 1.165) is 11.9 Å². The molecule has 1 unspecified atom stereocenters. The second kappa shape index (κ2) is 6.05. The van der Waals surface area contributed by atoms with Gasteiger partial charge in [-0.05, 0) is 24.5 Å². The van der Waals surface area contributed by atoms with Crippen molar-refractivity contribution in [3.05, 3.63) is 36.0 Å². The molecule has 0 aliphatic rings. The Morgan fingerprint density at radius 3 is 3.00 bits per heavy atom. The van der Waals surface area contributed by atoms with Crippen LogP contribution in [0.4, 0.5) is 0 Å². The van der Waals surface area contributed by atoms with Crippen molar-refractivity contribution >= 4 is 16.8 Å². The molecule has 0 fully saturated rings. The zero-order valence-corrected chi connectivity index (χ0v) is 10.9. The van der Waals surface area contributed by atoms with Crippen LogP contribution in [0.5, 0.6) is 0 Å². The number of benzene rings is 1. The Morgan fingerprint density at radius 2 is 2.26 bits per heavy atom. The highest BCUT2D eigenvalue weighted by Gasteiger charge is 2.14. The molecule has 1 aromatic heterocycles. The van der Waals surface area contributed by atoms with Crippen molar-refractivity contribution in [2.24, 2.45) is 5.92 Å². The van der Waals surface area contributed by atoms with Crippen molar-refractivity contribution in [1.82, 2.24) is 10.3 Å². The molecule has 4 nitrogen and oxygen atoms in total. The van der Waals surface area contributed by atoms with Gasteiger partial charge in [0.1, 0.15) is 5.92 Å². The first-order valence-corrected chi connectivity index (χ1v) is 6.48. The van der Waals surface area contributed by atoms with Crippen LogP contribution in [-0.2, 0) is 11.2 Å². The van der Waals surface area contributed by atoms with Crippen LogP contribution in [0.1, 0.15) is 18.9 Å². The minimum Gasteiger partial charge on any atom is -0.361 e. The summed E-state index contributed by atoms with van der Waals surface area (Å²) in [5.41, 5.74) is 2.29. The third-order valence-electron chi connectivity index (χ3n) is 3.25. The Balaban J connectivity index is 1.93. The second-order valence-electron chi connectivity index (χ2n) is 4.49. The quantitative estimate of drug-likeness (QED) is 0.861. The highest BCUT2D eigenvalue weighted by Crippen LogP contribution is 2.17. The molecule has 1 amide bonds. The van der Waals surface area contributed by atoms with E-state index in [0.29, 0.717) is 13.0 Å². The number of aromatic amines is 1. The van der Waals surface area contributed by atoms with Gasteiger partial charge < -0.3 is 10.3 Å². The van der Waals surface area contributed by atoms with E-state index in [4.69, 9.17) is 5.26 Å². The Labute approximate surface area is 112 Å². The molecule has 0 aliphatic heterocycles. The summed E-state index contributed by atoms with van der Waals surface area (Å²) in [6.07, 6.45) is 3.28. The predicted octanol–water partition coefficient (Wildman–Crippen LogP) is 2.38. The summed E-state index contributed by atoms with van der Waals surface area (Å²) >= 11 is 0. The lowest BCUT2D eigenvalue weighted by molar-refractivity contribution is -0.123. The summed E-state index contributed by atoms with van der Waals surface area (Å²) < 4.78 is 0. The van der Waals surface area contributed by atoms with Gasteiger partial charge in [-0.3, -0.25) is 4.79 Å². The molecule has 98 valence electrons. The number of amides is 1. The Bertz CT molecular complexity index is 609. The zero-order chi connectivity index (χ0) is 13.7. The van der Waals surface area contributed by atoms with Crippen LogP contribution in [0.25, 0.3) is 10.9 Å². The van der Waals surface area contributed by atoms with Crippen molar-refractivity contribution in [2.45, 2.75) is 19.8 Å². The highest BCUT2D eigenvalue weighted by atomic mass is 16.1. The third kappa shape index (κ3) is 2.94. The number of nitriles is 1. The number of hydrogen-bond donors (Lipinski definition) is 2. The molecule has 4 heteroatoms. The number of nitrogens with one attached hydrogen (secondary N) is 2. The van der Waals surface area contributed by atoms with Crippen LogP contribution < -0.4 is 5.32 Å². The summed E-state index contributed by atoms with van der Waals surface area (Å²) in [7, 11) is 0. The van der Waals surface area contributed by atoms with Crippen LogP contribution in [0.2, 0.25) is 0 Å². The molecule has 0 aliphatic carbocycles. The average molecular weight is 255 g/mol. The fraction of sp³-hybridized carbons (Fsp3) is 0.333. The van der Waals surface area contributed by atoms with E-state index in [1.54, 1.807) is 0 Å². The van der Waals surface area contributed by atoms with Crippen LogP contribution >= 0.6 is 0 Å². The molecule has 0 bridgehead atoms. The summed E-state index contributed by atoms with van der Waals surface area (Å²) in [6, 6.07) is 10.1. The van der Waals surface area contributed by atoms with E-state index >= 15 is 0 Å². The average Bonchev–Trinajstić information content (AvgIpc) is 2.84. The number of nitrogens with zero attached hydrogens (tertiary/aromatic N) is 1. The van der Waals surface area contributed by atoms with E-state index in [-0.39, 0.29) is 5.91 Å². The molecule has 1 aromatic carbocycles. The molecule has 2 aromatic rings. The first kappa shape index (κ1) is 13.2. The maximum absolute atomic E-state index is 11.7. The predicted molar refractivity (Wildman–Crippen MR) is 74.4 cm³/mol. The minimum atomic E-state index is -0.539. The van der Waals surface area contributed by atoms with Gasteiger partial charge in [-0.25, -0.2) is 0 Å². The van der Waals surface area contributed by atoms with Crippen LogP contribution in [-0.4, -0.2) is 17.4 Å². The second-order valence-corrected chi connectivity index (χ2v) is 4.49. The molecular formula is C15H17N3O. The topological polar surface area (TPSA) is 68.7 Å². The summed E-state index contributed by atoms with van der Waals surface area (Å²) in [5.74, 6) is -0.715. The van der Waals surface area contributed by atoms with E-state index in [1.165, 1.54) is 10.9 Å². The fourth-order valence-corrected chi connectivity index (χ4v) is 2.12. The van der Waals surface area contributed by atoms with Gasteiger partial charge in [0.2, 0.25) is 5.91 Å². The lowest BCUT2D eigenvalue weighted by Crippen LogP contribution is -2.31. The molecule has 1 atom stereocenters. The Morgan fingerprint density at radius 1 is 1.47 bits per heavy atom. The number of carbonyl (C=O) groups is 1. The molecule has 2 rings (SSSR count). The van der Waals surface area contributed by atoms with Gasteiger partial charge in [-0.2, -0.15) is 5.26 Å². The molecule has 0 saturated carbocycles. The number of hydrogen-bond acceptors (Lipinski definition) is 2. The Kier molecular flexibility index (Phi) is 4.19.